The predicted octanol–water partition coefficient (Wildman–Crippen LogP) is 3.25. The molecule has 19 heavy (non-hydrogen) atoms. The van der Waals surface area contributed by atoms with E-state index < -0.39 is 0 Å². The van der Waals surface area contributed by atoms with Crippen molar-refractivity contribution in [3.63, 3.8) is 0 Å². The van der Waals surface area contributed by atoms with Crippen LogP contribution in [0.25, 0.3) is 0 Å². The summed E-state index contributed by atoms with van der Waals surface area (Å²) in [7, 11) is 0. The average Bonchev–Trinajstić information content (AvgIpc) is 2.88. The Hall–Kier alpha value is -1.05. The number of nitriles is 1. The zero-order chi connectivity index (χ0) is 13.3. The van der Waals surface area contributed by atoms with Gasteiger partial charge in [0, 0.05) is 24.1 Å². The van der Waals surface area contributed by atoms with Crippen LogP contribution in [-0.4, -0.2) is 19.8 Å². The summed E-state index contributed by atoms with van der Waals surface area (Å²) in [4.78, 5) is 0. The molecular weight excluding hydrogens is 306 g/mol. The molecule has 0 bridgehead atoms. The predicted molar refractivity (Wildman–Crippen MR) is 75.1 cm³/mol. The third-order valence-corrected chi connectivity index (χ3v) is 4.50. The van der Waals surface area contributed by atoms with Crippen LogP contribution in [0.4, 0.5) is 0 Å². The van der Waals surface area contributed by atoms with Gasteiger partial charge in [0.05, 0.1) is 18.1 Å². The van der Waals surface area contributed by atoms with Crippen molar-refractivity contribution >= 4 is 15.9 Å². The van der Waals surface area contributed by atoms with E-state index in [2.05, 4.69) is 34.1 Å². The number of rotatable bonds is 2. The molecule has 4 heteroatoms. The zero-order valence-corrected chi connectivity index (χ0v) is 12.3. The molecule has 0 spiro atoms. The molecule has 100 valence electrons. The molecule has 1 fully saturated rings. The van der Waals surface area contributed by atoms with Crippen molar-refractivity contribution in [1.29, 1.82) is 5.26 Å². The fraction of sp³-hybridized carbons (Fsp3) is 0.533. The maximum atomic E-state index is 9.56. The minimum absolute atomic E-state index is 0.293. The van der Waals surface area contributed by atoms with Crippen LogP contribution in [0.1, 0.15) is 24.0 Å². The number of benzene rings is 1. The normalized spacial score (nSPS) is 20.4. The summed E-state index contributed by atoms with van der Waals surface area (Å²) in [6.07, 6.45) is 3.34. The van der Waals surface area contributed by atoms with Crippen LogP contribution in [0.15, 0.2) is 16.6 Å². The molecule has 0 atom stereocenters. The molecule has 0 N–H and O–H groups in total. The summed E-state index contributed by atoms with van der Waals surface area (Å²) in [5.74, 6) is 1.00. The van der Waals surface area contributed by atoms with E-state index >= 15 is 0 Å². The molecule has 2 aliphatic heterocycles. The number of halogens is 1. The van der Waals surface area contributed by atoms with Gasteiger partial charge >= 0.3 is 0 Å². The highest BCUT2D eigenvalue weighted by atomic mass is 79.9. The SMILES string of the molecule is N#CC1(Cc2cc(Br)cc3c2OCC3)CCOCC1. The standard InChI is InChI=1S/C15H16BrNO2/c16-13-7-11-1-4-19-14(11)12(8-13)9-15(10-17)2-5-18-6-3-15/h7-8H,1-6,9H2. The van der Waals surface area contributed by atoms with Crippen molar-refractivity contribution in [2.45, 2.75) is 25.7 Å². The van der Waals surface area contributed by atoms with Gasteiger partial charge in [0.25, 0.3) is 0 Å². The van der Waals surface area contributed by atoms with E-state index in [-0.39, 0.29) is 5.41 Å². The van der Waals surface area contributed by atoms with Gasteiger partial charge in [0.1, 0.15) is 5.75 Å². The molecule has 0 amide bonds. The Morgan fingerprint density at radius 1 is 1.26 bits per heavy atom. The molecular formula is C15H16BrNO2. The molecule has 0 aromatic heterocycles. The van der Waals surface area contributed by atoms with Crippen molar-refractivity contribution in [3.05, 3.63) is 27.7 Å². The van der Waals surface area contributed by atoms with Gasteiger partial charge in [0.2, 0.25) is 0 Å². The smallest absolute Gasteiger partial charge is 0.125 e. The highest BCUT2D eigenvalue weighted by Gasteiger charge is 2.34. The minimum Gasteiger partial charge on any atom is -0.493 e. The van der Waals surface area contributed by atoms with Crippen molar-refractivity contribution < 1.29 is 9.47 Å². The van der Waals surface area contributed by atoms with Gasteiger partial charge in [-0.1, -0.05) is 15.9 Å². The van der Waals surface area contributed by atoms with E-state index in [9.17, 15) is 5.26 Å². The first kappa shape index (κ1) is 13.0. The quantitative estimate of drug-likeness (QED) is 0.839. The number of hydrogen-bond acceptors (Lipinski definition) is 3. The molecule has 1 aromatic rings. The highest BCUT2D eigenvalue weighted by molar-refractivity contribution is 9.10. The van der Waals surface area contributed by atoms with Crippen LogP contribution in [-0.2, 0) is 17.6 Å². The maximum Gasteiger partial charge on any atom is 0.125 e. The second-order valence-corrected chi connectivity index (χ2v) is 6.25. The Kier molecular flexibility index (Phi) is 3.51. The topological polar surface area (TPSA) is 42.2 Å². The molecule has 2 aliphatic rings. The molecule has 3 rings (SSSR count). The molecule has 2 heterocycles. The van der Waals surface area contributed by atoms with Crippen molar-refractivity contribution in [2.24, 2.45) is 5.41 Å². The third-order valence-electron chi connectivity index (χ3n) is 4.04. The second-order valence-electron chi connectivity index (χ2n) is 5.33. The van der Waals surface area contributed by atoms with Crippen LogP contribution in [0.5, 0.6) is 5.75 Å². The molecule has 0 aliphatic carbocycles. The maximum absolute atomic E-state index is 9.56. The monoisotopic (exact) mass is 321 g/mol. The number of fused-ring (bicyclic) bond motifs is 1. The van der Waals surface area contributed by atoms with E-state index in [1.165, 1.54) is 5.56 Å². The fourth-order valence-corrected chi connectivity index (χ4v) is 3.48. The Labute approximate surface area is 121 Å². The average molecular weight is 322 g/mol. The van der Waals surface area contributed by atoms with Crippen LogP contribution in [0, 0.1) is 16.7 Å². The largest absolute Gasteiger partial charge is 0.493 e. The van der Waals surface area contributed by atoms with Gasteiger partial charge in [-0.15, -0.1) is 0 Å². The first-order valence-corrected chi connectivity index (χ1v) is 7.45. The Morgan fingerprint density at radius 3 is 2.79 bits per heavy atom. The molecule has 0 unspecified atom stereocenters. The Bertz CT molecular complexity index is 530. The minimum atomic E-state index is -0.293. The van der Waals surface area contributed by atoms with Gasteiger partial charge in [0.15, 0.2) is 0 Å². The van der Waals surface area contributed by atoms with Crippen molar-refractivity contribution in [2.75, 3.05) is 19.8 Å². The zero-order valence-electron chi connectivity index (χ0n) is 10.7. The second kappa shape index (κ2) is 5.15. The summed E-state index contributed by atoms with van der Waals surface area (Å²) < 4.78 is 12.2. The van der Waals surface area contributed by atoms with E-state index in [0.29, 0.717) is 13.2 Å². The lowest BCUT2D eigenvalue weighted by molar-refractivity contribution is 0.0404. The lowest BCUT2D eigenvalue weighted by Crippen LogP contribution is -2.30. The summed E-state index contributed by atoms with van der Waals surface area (Å²) in [5, 5.41) is 9.56. The van der Waals surface area contributed by atoms with Crippen molar-refractivity contribution in [1.82, 2.24) is 0 Å². The van der Waals surface area contributed by atoms with Crippen LogP contribution >= 0.6 is 15.9 Å². The first-order valence-electron chi connectivity index (χ1n) is 6.66. The molecule has 1 aromatic carbocycles. The lowest BCUT2D eigenvalue weighted by Gasteiger charge is -2.31. The van der Waals surface area contributed by atoms with Gasteiger partial charge in [-0.2, -0.15) is 5.26 Å². The third kappa shape index (κ3) is 2.50. The van der Waals surface area contributed by atoms with Gasteiger partial charge < -0.3 is 9.47 Å². The van der Waals surface area contributed by atoms with E-state index in [1.54, 1.807) is 0 Å². The fourth-order valence-electron chi connectivity index (χ4n) is 2.93. The van der Waals surface area contributed by atoms with Gasteiger partial charge in [-0.25, -0.2) is 0 Å². The number of ether oxygens (including phenoxy) is 2. The summed E-state index contributed by atoms with van der Waals surface area (Å²) in [5.41, 5.74) is 2.12. The van der Waals surface area contributed by atoms with E-state index in [1.807, 2.05) is 0 Å². The van der Waals surface area contributed by atoms with Crippen molar-refractivity contribution in [3.8, 4) is 11.8 Å². The summed E-state index contributed by atoms with van der Waals surface area (Å²) in [6.45, 7) is 2.12. The van der Waals surface area contributed by atoms with Crippen LogP contribution in [0.3, 0.4) is 0 Å². The first-order chi connectivity index (χ1) is 9.22. The van der Waals surface area contributed by atoms with E-state index in [0.717, 1.165) is 48.1 Å². The van der Waals surface area contributed by atoms with E-state index in [4.69, 9.17) is 9.47 Å². The van der Waals surface area contributed by atoms with Crippen LogP contribution in [0.2, 0.25) is 0 Å². The Balaban J connectivity index is 1.93. The highest BCUT2D eigenvalue weighted by Crippen LogP contribution is 2.40. The summed E-state index contributed by atoms with van der Waals surface area (Å²) in [6, 6.07) is 6.74. The Morgan fingerprint density at radius 2 is 2.05 bits per heavy atom. The van der Waals surface area contributed by atoms with Gasteiger partial charge in [-0.3, -0.25) is 0 Å². The molecule has 0 saturated carbocycles. The van der Waals surface area contributed by atoms with Gasteiger partial charge in [-0.05, 0) is 42.5 Å². The number of nitrogens with zero attached hydrogens (tertiary/aromatic N) is 1. The molecule has 3 nitrogen and oxygen atoms in total. The molecule has 1 saturated heterocycles. The van der Waals surface area contributed by atoms with Crippen LogP contribution < -0.4 is 4.74 Å². The number of hydrogen-bond donors (Lipinski definition) is 0. The lowest BCUT2D eigenvalue weighted by atomic mass is 9.76. The summed E-state index contributed by atoms with van der Waals surface area (Å²) >= 11 is 3.56. The molecule has 0 radical (unpaired) electrons.